The molecule has 0 amide bonds. The Morgan fingerprint density at radius 2 is 1.86 bits per heavy atom. The van der Waals surface area contributed by atoms with Gasteiger partial charge in [0.1, 0.15) is 6.61 Å². The van der Waals surface area contributed by atoms with Gasteiger partial charge in [0.2, 0.25) is 0 Å². The van der Waals surface area contributed by atoms with Crippen LogP contribution in [-0.4, -0.2) is 12.7 Å². The average molecular weight is 284 g/mol. The Hall–Kier alpha value is -2.04. The van der Waals surface area contributed by atoms with E-state index in [1.165, 1.54) is 11.1 Å². The molecule has 0 radical (unpaired) electrons. The van der Waals surface area contributed by atoms with Crippen molar-refractivity contribution in [1.82, 2.24) is 5.43 Å². The number of para-hydroxylation sites is 2. The van der Waals surface area contributed by atoms with E-state index < -0.39 is 0 Å². The predicted octanol–water partition coefficient (Wildman–Crippen LogP) is 2.65. The molecule has 0 bridgehead atoms. The van der Waals surface area contributed by atoms with Gasteiger partial charge in [-0.3, -0.25) is 5.84 Å². The maximum Gasteiger partial charge on any atom is 0.161 e. The second-order valence-corrected chi connectivity index (χ2v) is 5.40. The molecule has 110 valence electrons. The van der Waals surface area contributed by atoms with Crippen molar-refractivity contribution in [3.05, 3.63) is 59.2 Å². The van der Waals surface area contributed by atoms with Crippen molar-refractivity contribution in [1.29, 1.82) is 0 Å². The molecule has 1 heterocycles. The van der Waals surface area contributed by atoms with Crippen molar-refractivity contribution < 1.29 is 9.47 Å². The van der Waals surface area contributed by atoms with Crippen molar-refractivity contribution in [2.45, 2.75) is 26.0 Å². The lowest BCUT2D eigenvalue weighted by molar-refractivity contribution is 0.0617. The summed E-state index contributed by atoms with van der Waals surface area (Å²) < 4.78 is 11.8. The number of hydrazine groups is 1. The van der Waals surface area contributed by atoms with Crippen LogP contribution >= 0.6 is 0 Å². The molecule has 4 heteroatoms. The Balaban J connectivity index is 1.86. The van der Waals surface area contributed by atoms with Gasteiger partial charge in [-0.25, -0.2) is 5.43 Å². The molecule has 0 spiro atoms. The van der Waals surface area contributed by atoms with Gasteiger partial charge in [-0.2, -0.15) is 0 Å². The van der Waals surface area contributed by atoms with E-state index in [-0.39, 0.29) is 12.1 Å². The molecular formula is C17H20N2O2. The van der Waals surface area contributed by atoms with Gasteiger partial charge in [0, 0.05) is 0 Å². The van der Waals surface area contributed by atoms with Crippen molar-refractivity contribution in [2.75, 3.05) is 6.61 Å². The number of benzene rings is 2. The molecule has 2 unspecified atom stereocenters. The van der Waals surface area contributed by atoms with E-state index in [1.807, 2.05) is 24.3 Å². The minimum atomic E-state index is -0.160. The quantitative estimate of drug-likeness (QED) is 0.672. The van der Waals surface area contributed by atoms with Gasteiger partial charge in [-0.1, -0.05) is 30.3 Å². The molecule has 1 aliphatic rings. The lowest BCUT2D eigenvalue weighted by atomic mass is 9.97. The standard InChI is InChI=1S/C17H20N2O2/c1-11-7-8-13(9-12(11)2)17(19-18)16-10-20-14-5-3-4-6-15(14)21-16/h3-9,16-17,19H,10,18H2,1-2H3. The monoisotopic (exact) mass is 284 g/mol. The summed E-state index contributed by atoms with van der Waals surface area (Å²) in [6.45, 7) is 4.67. The molecule has 2 atom stereocenters. The smallest absolute Gasteiger partial charge is 0.161 e. The molecule has 2 aromatic carbocycles. The van der Waals surface area contributed by atoms with Crippen LogP contribution in [0.15, 0.2) is 42.5 Å². The zero-order valence-electron chi connectivity index (χ0n) is 12.3. The van der Waals surface area contributed by atoms with Gasteiger partial charge in [-0.15, -0.1) is 0 Å². The summed E-state index contributed by atoms with van der Waals surface area (Å²) in [5.41, 5.74) is 6.47. The summed E-state index contributed by atoms with van der Waals surface area (Å²) in [5, 5.41) is 0. The van der Waals surface area contributed by atoms with Crippen LogP contribution in [0.5, 0.6) is 11.5 Å². The average Bonchev–Trinajstić information content (AvgIpc) is 2.51. The third-order valence-electron chi connectivity index (χ3n) is 3.97. The summed E-state index contributed by atoms with van der Waals surface area (Å²) in [6.07, 6.45) is -0.160. The number of nitrogens with two attached hydrogens (primary N) is 1. The number of rotatable bonds is 3. The van der Waals surface area contributed by atoms with E-state index in [0.29, 0.717) is 6.61 Å². The van der Waals surface area contributed by atoms with Crippen LogP contribution in [0.1, 0.15) is 22.7 Å². The number of ether oxygens (including phenoxy) is 2. The van der Waals surface area contributed by atoms with E-state index in [2.05, 4.69) is 37.5 Å². The number of hydrogen-bond acceptors (Lipinski definition) is 4. The normalized spacial score (nSPS) is 18.3. The van der Waals surface area contributed by atoms with Crippen molar-refractivity contribution >= 4 is 0 Å². The van der Waals surface area contributed by atoms with Gasteiger partial charge in [0.15, 0.2) is 17.6 Å². The fourth-order valence-electron chi connectivity index (χ4n) is 2.58. The first kappa shape index (κ1) is 13.9. The molecule has 0 aromatic heterocycles. The minimum absolute atomic E-state index is 0.113. The zero-order valence-corrected chi connectivity index (χ0v) is 12.3. The number of hydrogen-bond donors (Lipinski definition) is 2. The van der Waals surface area contributed by atoms with Crippen molar-refractivity contribution in [2.24, 2.45) is 5.84 Å². The van der Waals surface area contributed by atoms with E-state index in [0.717, 1.165) is 17.1 Å². The lowest BCUT2D eigenvalue weighted by Gasteiger charge is -2.32. The van der Waals surface area contributed by atoms with Crippen LogP contribution < -0.4 is 20.7 Å². The Kier molecular flexibility index (Phi) is 3.82. The molecular weight excluding hydrogens is 264 g/mol. The van der Waals surface area contributed by atoms with Gasteiger partial charge in [0.05, 0.1) is 6.04 Å². The highest BCUT2D eigenvalue weighted by atomic mass is 16.6. The number of nitrogens with one attached hydrogen (secondary N) is 1. The molecule has 2 aromatic rings. The number of fused-ring (bicyclic) bond motifs is 1. The first-order chi connectivity index (χ1) is 10.2. The summed E-state index contributed by atoms with van der Waals surface area (Å²) in [4.78, 5) is 0. The summed E-state index contributed by atoms with van der Waals surface area (Å²) in [7, 11) is 0. The third-order valence-corrected chi connectivity index (χ3v) is 3.97. The van der Waals surface area contributed by atoms with Crippen LogP contribution in [0, 0.1) is 13.8 Å². The molecule has 1 aliphatic heterocycles. The van der Waals surface area contributed by atoms with Gasteiger partial charge in [-0.05, 0) is 42.7 Å². The molecule has 0 aliphatic carbocycles. The molecule has 0 saturated heterocycles. The summed E-state index contributed by atoms with van der Waals surface area (Å²) in [5.74, 6) is 7.30. The van der Waals surface area contributed by atoms with Crippen molar-refractivity contribution in [3.63, 3.8) is 0 Å². The maximum atomic E-state index is 6.04. The highest BCUT2D eigenvalue weighted by molar-refractivity contribution is 5.41. The first-order valence-corrected chi connectivity index (χ1v) is 7.11. The van der Waals surface area contributed by atoms with Gasteiger partial charge in [0.25, 0.3) is 0 Å². The SMILES string of the molecule is Cc1ccc(C(NN)C2COc3ccccc3O2)cc1C. The van der Waals surface area contributed by atoms with E-state index in [1.54, 1.807) is 0 Å². The zero-order chi connectivity index (χ0) is 14.8. The highest BCUT2D eigenvalue weighted by Crippen LogP contribution is 2.34. The fourth-order valence-corrected chi connectivity index (χ4v) is 2.58. The van der Waals surface area contributed by atoms with E-state index in [9.17, 15) is 0 Å². The summed E-state index contributed by atoms with van der Waals surface area (Å²) in [6, 6.07) is 13.9. The van der Waals surface area contributed by atoms with Crippen LogP contribution in [-0.2, 0) is 0 Å². The molecule has 0 saturated carbocycles. The fraction of sp³-hybridized carbons (Fsp3) is 0.294. The van der Waals surface area contributed by atoms with Crippen molar-refractivity contribution in [3.8, 4) is 11.5 Å². The third kappa shape index (κ3) is 2.73. The van der Waals surface area contributed by atoms with Crippen LogP contribution in [0.25, 0.3) is 0 Å². The second-order valence-electron chi connectivity index (χ2n) is 5.40. The van der Waals surface area contributed by atoms with E-state index >= 15 is 0 Å². The first-order valence-electron chi connectivity index (χ1n) is 7.11. The van der Waals surface area contributed by atoms with Crippen LogP contribution in [0.3, 0.4) is 0 Å². The largest absolute Gasteiger partial charge is 0.486 e. The second kappa shape index (κ2) is 5.76. The van der Waals surface area contributed by atoms with Crippen LogP contribution in [0.2, 0.25) is 0 Å². The Morgan fingerprint density at radius 3 is 2.57 bits per heavy atom. The Labute approximate surface area is 124 Å². The van der Waals surface area contributed by atoms with Crippen LogP contribution in [0.4, 0.5) is 0 Å². The minimum Gasteiger partial charge on any atom is -0.486 e. The maximum absolute atomic E-state index is 6.04. The Bertz CT molecular complexity index is 642. The summed E-state index contributed by atoms with van der Waals surface area (Å²) >= 11 is 0. The molecule has 0 fully saturated rings. The molecule has 3 rings (SSSR count). The lowest BCUT2D eigenvalue weighted by Crippen LogP contribution is -2.44. The number of aryl methyl sites for hydroxylation is 2. The molecule has 3 N–H and O–H groups in total. The Morgan fingerprint density at radius 1 is 1.10 bits per heavy atom. The van der Waals surface area contributed by atoms with E-state index in [4.69, 9.17) is 15.3 Å². The highest BCUT2D eigenvalue weighted by Gasteiger charge is 2.29. The molecule has 21 heavy (non-hydrogen) atoms. The van der Waals surface area contributed by atoms with Gasteiger partial charge < -0.3 is 9.47 Å². The topological polar surface area (TPSA) is 56.5 Å². The van der Waals surface area contributed by atoms with Gasteiger partial charge >= 0.3 is 0 Å². The predicted molar refractivity (Wildman–Crippen MR) is 82.3 cm³/mol. The molecule has 4 nitrogen and oxygen atoms in total.